The fourth-order valence-electron chi connectivity index (χ4n) is 4.19. The Hall–Kier alpha value is -2.28. The molecule has 0 saturated heterocycles. The Balaban J connectivity index is 1.89. The molecular weight excluding hydrogens is 302 g/mol. The number of aromatic nitrogens is 1. The number of nitrogens with zero attached hydrogens (tertiary/aromatic N) is 1. The van der Waals surface area contributed by atoms with E-state index in [2.05, 4.69) is 79.1 Å². The highest BCUT2D eigenvalue weighted by Crippen LogP contribution is 2.36. The summed E-state index contributed by atoms with van der Waals surface area (Å²) in [6, 6.07) is 11.4. The molecular formula is C24H27N. The Labute approximate surface area is 151 Å². The molecule has 0 bridgehead atoms. The summed E-state index contributed by atoms with van der Waals surface area (Å²) in [4.78, 5) is 0. The van der Waals surface area contributed by atoms with Crippen molar-refractivity contribution in [1.82, 2.24) is 4.57 Å². The number of allylic oxidation sites excluding steroid dienone is 6. The van der Waals surface area contributed by atoms with E-state index in [1.807, 2.05) is 0 Å². The molecule has 4 rings (SSSR count). The van der Waals surface area contributed by atoms with Crippen LogP contribution in [0.4, 0.5) is 0 Å². The molecule has 1 atom stereocenters. The molecule has 0 spiro atoms. The lowest BCUT2D eigenvalue weighted by Crippen LogP contribution is -2.16. The SMILES string of the molecule is CCC1CCc2cc(C3=CC=CC=CC3)n(-c3cccc(C)c3)c2C1. The average molecular weight is 329 g/mol. The summed E-state index contributed by atoms with van der Waals surface area (Å²) in [7, 11) is 0. The summed E-state index contributed by atoms with van der Waals surface area (Å²) in [5.41, 5.74) is 8.52. The number of rotatable bonds is 3. The van der Waals surface area contributed by atoms with Crippen LogP contribution in [0.3, 0.4) is 0 Å². The number of benzene rings is 1. The molecule has 2 aliphatic carbocycles. The van der Waals surface area contributed by atoms with Gasteiger partial charge in [0.05, 0.1) is 0 Å². The van der Waals surface area contributed by atoms with Crippen LogP contribution in [0.5, 0.6) is 0 Å². The first-order valence-electron chi connectivity index (χ1n) is 9.59. The van der Waals surface area contributed by atoms with Crippen molar-refractivity contribution in [3.63, 3.8) is 0 Å². The summed E-state index contributed by atoms with van der Waals surface area (Å²) in [5, 5.41) is 0. The summed E-state index contributed by atoms with van der Waals surface area (Å²) >= 11 is 0. The normalized spacial score (nSPS) is 19.4. The van der Waals surface area contributed by atoms with Gasteiger partial charge in [0.2, 0.25) is 0 Å². The van der Waals surface area contributed by atoms with Gasteiger partial charge in [-0.2, -0.15) is 0 Å². The molecule has 1 heteroatoms. The van der Waals surface area contributed by atoms with E-state index in [1.54, 1.807) is 5.56 Å². The van der Waals surface area contributed by atoms with Crippen LogP contribution in [0.25, 0.3) is 11.3 Å². The van der Waals surface area contributed by atoms with E-state index in [9.17, 15) is 0 Å². The lowest BCUT2D eigenvalue weighted by molar-refractivity contribution is 0.437. The van der Waals surface area contributed by atoms with E-state index in [-0.39, 0.29) is 0 Å². The first-order valence-corrected chi connectivity index (χ1v) is 9.59. The Morgan fingerprint density at radius 3 is 2.88 bits per heavy atom. The Morgan fingerprint density at radius 1 is 1.12 bits per heavy atom. The molecule has 1 aromatic carbocycles. The topological polar surface area (TPSA) is 4.93 Å². The summed E-state index contributed by atoms with van der Waals surface area (Å²) < 4.78 is 2.54. The molecule has 0 fully saturated rings. The zero-order valence-electron chi connectivity index (χ0n) is 15.3. The molecule has 1 heterocycles. The maximum absolute atomic E-state index is 2.54. The third-order valence-corrected chi connectivity index (χ3v) is 5.66. The Bertz CT molecular complexity index is 860. The van der Waals surface area contributed by atoms with Crippen molar-refractivity contribution in [3.8, 4) is 5.69 Å². The zero-order valence-corrected chi connectivity index (χ0v) is 15.3. The van der Waals surface area contributed by atoms with E-state index in [0.717, 1.165) is 12.3 Å². The summed E-state index contributed by atoms with van der Waals surface area (Å²) in [5.74, 6) is 0.821. The van der Waals surface area contributed by atoms with E-state index < -0.39 is 0 Å². The first kappa shape index (κ1) is 16.2. The molecule has 1 nitrogen and oxygen atoms in total. The molecule has 0 N–H and O–H groups in total. The van der Waals surface area contributed by atoms with Gasteiger partial charge in [0.1, 0.15) is 0 Å². The van der Waals surface area contributed by atoms with E-state index >= 15 is 0 Å². The molecule has 0 saturated carbocycles. The van der Waals surface area contributed by atoms with Gasteiger partial charge in [0.25, 0.3) is 0 Å². The van der Waals surface area contributed by atoms with E-state index in [4.69, 9.17) is 0 Å². The zero-order chi connectivity index (χ0) is 17.2. The standard InChI is InChI=1S/C24H27N/c1-3-19-13-14-21-17-24(20-10-6-4-5-7-11-20)25(23(21)16-19)22-12-8-9-18(2)15-22/h4-10,12,15,17,19H,3,11,13-14,16H2,1-2H3. The van der Waals surface area contributed by atoms with Crippen LogP contribution in [0.15, 0.2) is 60.7 Å². The molecule has 2 aromatic rings. The van der Waals surface area contributed by atoms with Crippen molar-refractivity contribution in [2.24, 2.45) is 5.92 Å². The highest BCUT2D eigenvalue weighted by atomic mass is 15.0. The predicted molar refractivity (Wildman–Crippen MR) is 107 cm³/mol. The molecule has 0 radical (unpaired) electrons. The maximum atomic E-state index is 2.54. The van der Waals surface area contributed by atoms with Gasteiger partial charge in [-0.05, 0) is 73.4 Å². The third-order valence-electron chi connectivity index (χ3n) is 5.66. The van der Waals surface area contributed by atoms with Gasteiger partial charge in [-0.3, -0.25) is 0 Å². The Kier molecular flexibility index (Phi) is 4.48. The molecule has 0 aliphatic heterocycles. The van der Waals surface area contributed by atoms with Gasteiger partial charge in [-0.25, -0.2) is 0 Å². The summed E-state index contributed by atoms with van der Waals surface area (Å²) in [6.07, 6.45) is 17.0. The van der Waals surface area contributed by atoms with Crippen LogP contribution < -0.4 is 0 Å². The van der Waals surface area contributed by atoms with Crippen molar-refractivity contribution in [2.75, 3.05) is 0 Å². The number of aryl methyl sites for hydroxylation is 2. The molecule has 25 heavy (non-hydrogen) atoms. The van der Waals surface area contributed by atoms with Gasteiger partial charge in [-0.15, -0.1) is 0 Å². The second-order valence-electron chi connectivity index (χ2n) is 7.40. The minimum absolute atomic E-state index is 0.821. The quantitative estimate of drug-likeness (QED) is 0.632. The van der Waals surface area contributed by atoms with Gasteiger partial charge in [0, 0.05) is 17.1 Å². The number of hydrogen-bond acceptors (Lipinski definition) is 0. The maximum Gasteiger partial charge on any atom is 0.0497 e. The van der Waals surface area contributed by atoms with Crippen LogP contribution in [0.1, 0.15) is 48.7 Å². The third kappa shape index (κ3) is 3.16. The smallest absolute Gasteiger partial charge is 0.0497 e. The highest BCUT2D eigenvalue weighted by molar-refractivity contribution is 5.70. The van der Waals surface area contributed by atoms with Gasteiger partial charge >= 0.3 is 0 Å². The average Bonchev–Trinajstić information content (AvgIpc) is 2.80. The van der Waals surface area contributed by atoms with E-state index in [0.29, 0.717) is 0 Å². The minimum atomic E-state index is 0.821. The number of hydrogen-bond donors (Lipinski definition) is 0. The van der Waals surface area contributed by atoms with Gasteiger partial charge in [-0.1, -0.05) is 55.9 Å². The lowest BCUT2D eigenvalue weighted by Gasteiger charge is -2.24. The van der Waals surface area contributed by atoms with Crippen molar-refractivity contribution in [2.45, 2.75) is 46.0 Å². The van der Waals surface area contributed by atoms with Crippen LogP contribution >= 0.6 is 0 Å². The number of fused-ring (bicyclic) bond motifs is 1. The Morgan fingerprint density at radius 2 is 2.04 bits per heavy atom. The van der Waals surface area contributed by atoms with Gasteiger partial charge < -0.3 is 4.57 Å². The van der Waals surface area contributed by atoms with Crippen LogP contribution in [-0.2, 0) is 12.8 Å². The van der Waals surface area contributed by atoms with Crippen molar-refractivity contribution in [3.05, 3.63) is 83.2 Å². The van der Waals surface area contributed by atoms with Crippen LogP contribution in [-0.4, -0.2) is 4.57 Å². The predicted octanol–water partition coefficient (Wildman–Crippen LogP) is 6.20. The molecule has 128 valence electrons. The second-order valence-corrected chi connectivity index (χ2v) is 7.40. The fourth-order valence-corrected chi connectivity index (χ4v) is 4.19. The minimum Gasteiger partial charge on any atom is -0.314 e. The van der Waals surface area contributed by atoms with Crippen LogP contribution in [0.2, 0.25) is 0 Å². The lowest BCUT2D eigenvalue weighted by atomic mass is 9.86. The fraction of sp³-hybridized carbons (Fsp3) is 0.333. The summed E-state index contributed by atoms with van der Waals surface area (Å²) in [6.45, 7) is 4.52. The monoisotopic (exact) mass is 329 g/mol. The molecule has 2 aliphatic rings. The van der Waals surface area contributed by atoms with E-state index in [1.165, 1.54) is 53.9 Å². The molecule has 1 unspecified atom stereocenters. The van der Waals surface area contributed by atoms with Crippen LogP contribution in [0, 0.1) is 12.8 Å². The highest BCUT2D eigenvalue weighted by Gasteiger charge is 2.25. The van der Waals surface area contributed by atoms with Crippen molar-refractivity contribution >= 4 is 5.57 Å². The molecule has 1 aromatic heterocycles. The van der Waals surface area contributed by atoms with Gasteiger partial charge in [0.15, 0.2) is 0 Å². The largest absolute Gasteiger partial charge is 0.314 e. The van der Waals surface area contributed by atoms with Crippen molar-refractivity contribution < 1.29 is 0 Å². The van der Waals surface area contributed by atoms with Crippen molar-refractivity contribution in [1.29, 1.82) is 0 Å². The first-order chi connectivity index (χ1) is 12.3. The molecule has 0 amide bonds. The second kappa shape index (κ2) is 6.92.